The number of nitrogen functional groups attached to an aromatic ring is 1. The van der Waals surface area contributed by atoms with Gasteiger partial charge in [0.15, 0.2) is 5.58 Å². The lowest BCUT2D eigenvalue weighted by Crippen LogP contribution is -1.91. The molecule has 0 aliphatic heterocycles. The Morgan fingerprint density at radius 1 is 1.25 bits per heavy atom. The standard InChI is InChI=1S/C13H10N4O3/c14-8-2-1-3-9(6-8)15-13-16-11-7-10(17(18)19)4-5-12(11)20-13/h1-7H,14H2,(H,15,16). The maximum absolute atomic E-state index is 10.7. The van der Waals surface area contributed by atoms with Crippen LogP contribution in [-0.2, 0) is 0 Å². The van der Waals surface area contributed by atoms with Crippen LogP contribution in [0.15, 0.2) is 46.9 Å². The van der Waals surface area contributed by atoms with Gasteiger partial charge in [0, 0.05) is 23.5 Å². The molecule has 7 heteroatoms. The van der Waals surface area contributed by atoms with E-state index in [0.29, 0.717) is 16.8 Å². The van der Waals surface area contributed by atoms with E-state index in [9.17, 15) is 10.1 Å². The highest BCUT2D eigenvalue weighted by Gasteiger charge is 2.11. The number of fused-ring (bicyclic) bond motifs is 1. The fraction of sp³-hybridized carbons (Fsp3) is 0. The molecular weight excluding hydrogens is 260 g/mol. The van der Waals surface area contributed by atoms with Crippen LogP contribution in [0.4, 0.5) is 23.1 Å². The predicted octanol–water partition coefficient (Wildman–Crippen LogP) is 3.06. The molecule has 0 aliphatic rings. The van der Waals surface area contributed by atoms with Gasteiger partial charge in [-0.05, 0) is 24.3 Å². The van der Waals surface area contributed by atoms with Crippen LogP contribution >= 0.6 is 0 Å². The summed E-state index contributed by atoms with van der Waals surface area (Å²) in [6.07, 6.45) is 0. The maximum atomic E-state index is 10.7. The van der Waals surface area contributed by atoms with Gasteiger partial charge in [0.05, 0.1) is 4.92 Å². The summed E-state index contributed by atoms with van der Waals surface area (Å²) in [6.45, 7) is 0. The van der Waals surface area contributed by atoms with E-state index in [4.69, 9.17) is 10.2 Å². The highest BCUT2D eigenvalue weighted by Crippen LogP contribution is 2.25. The SMILES string of the molecule is Nc1cccc(Nc2nc3cc([N+](=O)[O-])ccc3o2)c1. The van der Waals surface area contributed by atoms with Crippen LogP contribution in [0.2, 0.25) is 0 Å². The van der Waals surface area contributed by atoms with Crippen molar-refractivity contribution in [3.8, 4) is 0 Å². The third-order valence-corrected chi connectivity index (χ3v) is 2.72. The van der Waals surface area contributed by atoms with Crippen molar-refractivity contribution < 1.29 is 9.34 Å². The van der Waals surface area contributed by atoms with E-state index in [1.54, 1.807) is 18.2 Å². The van der Waals surface area contributed by atoms with Gasteiger partial charge >= 0.3 is 0 Å². The molecule has 0 aliphatic carbocycles. The molecular formula is C13H10N4O3. The van der Waals surface area contributed by atoms with Crippen LogP contribution in [0.5, 0.6) is 0 Å². The Kier molecular flexibility index (Phi) is 2.72. The summed E-state index contributed by atoms with van der Waals surface area (Å²) < 4.78 is 5.46. The molecule has 0 saturated carbocycles. The first-order chi connectivity index (χ1) is 9.61. The first kappa shape index (κ1) is 12.0. The summed E-state index contributed by atoms with van der Waals surface area (Å²) in [4.78, 5) is 14.4. The van der Waals surface area contributed by atoms with Gasteiger partial charge in [-0.25, -0.2) is 0 Å². The van der Waals surface area contributed by atoms with Crippen molar-refractivity contribution in [2.24, 2.45) is 0 Å². The summed E-state index contributed by atoms with van der Waals surface area (Å²) >= 11 is 0. The summed E-state index contributed by atoms with van der Waals surface area (Å²) in [5.74, 6) is 0. The Morgan fingerprint density at radius 3 is 2.85 bits per heavy atom. The number of rotatable bonds is 3. The van der Waals surface area contributed by atoms with E-state index < -0.39 is 4.92 Å². The molecule has 0 atom stereocenters. The van der Waals surface area contributed by atoms with Crippen molar-refractivity contribution in [3.63, 3.8) is 0 Å². The third-order valence-electron chi connectivity index (χ3n) is 2.72. The Balaban J connectivity index is 1.95. The third kappa shape index (κ3) is 2.24. The molecule has 2 aromatic carbocycles. The lowest BCUT2D eigenvalue weighted by molar-refractivity contribution is -0.384. The summed E-state index contributed by atoms with van der Waals surface area (Å²) in [5.41, 5.74) is 7.88. The molecule has 0 bridgehead atoms. The molecule has 7 nitrogen and oxygen atoms in total. The van der Waals surface area contributed by atoms with Gasteiger partial charge in [0.2, 0.25) is 0 Å². The fourth-order valence-corrected chi connectivity index (χ4v) is 1.82. The van der Waals surface area contributed by atoms with Crippen molar-refractivity contribution in [2.75, 3.05) is 11.1 Å². The molecule has 3 rings (SSSR count). The zero-order chi connectivity index (χ0) is 14.1. The Bertz CT molecular complexity index is 797. The number of oxazole rings is 1. The Morgan fingerprint density at radius 2 is 2.10 bits per heavy atom. The lowest BCUT2D eigenvalue weighted by Gasteiger charge is -2.01. The smallest absolute Gasteiger partial charge is 0.300 e. The van der Waals surface area contributed by atoms with Crippen molar-refractivity contribution >= 4 is 34.2 Å². The highest BCUT2D eigenvalue weighted by atomic mass is 16.6. The molecule has 0 fully saturated rings. The van der Waals surface area contributed by atoms with Crippen LogP contribution in [0.3, 0.4) is 0 Å². The average molecular weight is 270 g/mol. The van der Waals surface area contributed by atoms with Gasteiger partial charge in [0.1, 0.15) is 5.52 Å². The number of nitro groups is 1. The number of hydrogen-bond acceptors (Lipinski definition) is 6. The zero-order valence-corrected chi connectivity index (χ0v) is 10.2. The zero-order valence-electron chi connectivity index (χ0n) is 10.2. The molecule has 3 N–H and O–H groups in total. The number of nitrogens with one attached hydrogen (secondary N) is 1. The Labute approximate surface area is 113 Å². The van der Waals surface area contributed by atoms with Crippen molar-refractivity contribution in [1.29, 1.82) is 0 Å². The van der Waals surface area contributed by atoms with E-state index in [-0.39, 0.29) is 11.7 Å². The van der Waals surface area contributed by atoms with Crippen LogP contribution in [0.1, 0.15) is 0 Å². The first-order valence-electron chi connectivity index (χ1n) is 5.79. The van der Waals surface area contributed by atoms with Crippen LogP contribution in [0.25, 0.3) is 11.1 Å². The number of non-ortho nitro benzene ring substituents is 1. The molecule has 0 radical (unpaired) electrons. The van der Waals surface area contributed by atoms with Gasteiger partial charge in [0.25, 0.3) is 11.7 Å². The second-order valence-corrected chi connectivity index (χ2v) is 4.18. The molecule has 1 heterocycles. The number of aromatic nitrogens is 1. The second kappa shape index (κ2) is 4.54. The maximum Gasteiger partial charge on any atom is 0.300 e. The van der Waals surface area contributed by atoms with E-state index in [1.165, 1.54) is 18.2 Å². The Hall–Kier alpha value is -3.09. The number of nitrogens with zero attached hydrogens (tertiary/aromatic N) is 2. The molecule has 3 aromatic rings. The van der Waals surface area contributed by atoms with Crippen LogP contribution in [0, 0.1) is 10.1 Å². The molecule has 1 aromatic heterocycles. The minimum absolute atomic E-state index is 0.0266. The monoisotopic (exact) mass is 270 g/mol. The number of benzene rings is 2. The number of anilines is 3. The molecule has 0 amide bonds. The number of hydrogen-bond donors (Lipinski definition) is 2. The number of nitrogens with two attached hydrogens (primary N) is 1. The minimum Gasteiger partial charge on any atom is -0.423 e. The van der Waals surface area contributed by atoms with Crippen molar-refractivity contribution in [1.82, 2.24) is 4.98 Å². The molecule has 20 heavy (non-hydrogen) atoms. The van der Waals surface area contributed by atoms with Crippen molar-refractivity contribution in [2.45, 2.75) is 0 Å². The number of nitro benzene ring substituents is 1. The topological polar surface area (TPSA) is 107 Å². The van der Waals surface area contributed by atoms with Gasteiger partial charge in [-0.15, -0.1) is 0 Å². The highest BCUT2D eigenvalue weighted by molar-refractivity contribution is 5.78. The summed E-state index contributed by atoms with van der Waals surface area (Å²) in [7, 11) is 0. The predicted molar refractivity (Wildman–Crippen MR) is 74.8 cm³/mol. The normalized spacial score (nSPS) is 10.6. The van der Waals surface area contributed by atoms with Gasteiger partial charge < -0.3 is 15.5 Å². The average Bonchev–Trinajstić information content (AvgIpc) is 2.79. The fourth-order valence-electron chi connectivity index (χ4n) is 1.82. The second-order valence-electron chi connectivity index (χ2n) is 4.18. The van der Waals surface area contributed by atoms with E-state index >= 15 is 0 Å². The van der Waals surface area contributed by atoms with Gasteiger partial charge in [-0.3, -0.25) is 10.1 Å². The van der Waals surface area contributed by atoms with Crippen LogP contribution in [-0.4, -0.2) is 9.91 Å². The van der Waals surface area contributed by atoms with E-state index in [0.717, 1.165) is 5.69 Å². The van der Waals surface area contributed by atoms with Gasteiger partial charge in [-0.2, -0.15) is 4.98 Å². The molecule has 100 valence electrons. The van der Waals surface area contributed by atoms with Gasteiger partial charge in [-0.1, -0.05) is 6.07 Å². The lowest BCUT2D eigenvalue weighted by atomic mass is 10.3. The van der Waals surface area contributed by atoms with Crippen molar-refractivity contribution in [3.05, 3.63) is 52.6 Å². The first-order valence-corrected chi connectivity index (χ1v) is 5.79. The quantitative estimate of drug-likeness (QED) is 0.430. The molecule has 0 saturated heterocycles. The van der Waals surface area contributed by atoms with E-state index in [1.807, 2.05) is 6.07 Å². The largest absolute Gasteiger partial charge is 0.423 e. The molecule has 0 spiro atoms. The molecule has 0 unspecified atom stereocenters. The minimum atomic E-state index is -0.473. The summed E-state index contributed by atoms with van der Waals surface area (Å²) in [6, 6.07) is 11.6. The summed E-state index contributed by atoms with van der Waals surface area (Å²) in [5, 5.41) is 13.7. The van der Waals surface area contributed by atoms with E-state index in [2.05, 4.69) is 10.3 Å². The van der Waals surface area contributed by atoms with Crippen LogP contribution < -0.4 is 11.1 Å².